The van der Waals surface area contributed by atoms with Gasteiger partial charge in [-0.3, -0.25) is 4.79 Å². The minimum Gasteiger partial charge on any atom is -0.452 e. The highest BCUT2D eigenvalue weighted by molar-refractivity contribution is 7.89. The largest absolute Gasteiger partial charge is 0.452 e. The molecule has 0 atom stereocenters. The maximum Gasteiger partial charge on any atom is 0.338 e. The van der Waals surface area contributed by atoms with Gasteiger partial charge in [-0.05, 0) is 48.5 Å². The van der Waals surface area contributed by atoms with Crippen molar-refractivity contribution in [2.45, 2.75) is 4.90 Å². The van der Waals surface area contributed by atoms with Gasteiger partial charge in [-0.25, -0.2) is 22.7 Å². The number of carbonyl (C=O) groups is 2. The molecule has 126 valence electrons. The van der Waals surface area contributed by atoms with Crippen LogP contribution < -0.4 is 10.5 Å². The van der Waals surface area contributed by atoms with Crippen LogP contribution in [0.5, 0.6) is 0 Å². The molecule has 0 unspecified atom stereocenters. The van der Waals surface area contributed by atoms with Gasteiger partial charge in [0, 0.05) is 5.69 Å². The number of esters is 1. The number of ether oxygens (including phenoxy) is 1. The highest BCUT2D eigenvalue weighted by Crippen LogP contribution is 2.12. The number of halogens is 1. The SMILES string of the molecule is NS(=O)(=O)c1ccc(NC(=O)COC(=O)c2ccc(F)cc2)cc1. The highest BCUT2D eigenvalue weighted by atomic mass is 32.2. The van der Waals surface area contributed by atoms with E-state index >= 15 is 0 Å². The van der Waals surface area contributed by atoms with Gasteiger partial charge in [0.15, 0.2) is 6.61 Å². The van der Waals surface area contributed by atoms with Crippen molar-refractivity contribution in [3.05, 3.63) is 59.9 Å². The number of amides is 1. The average Bonchev–Trinajstić information content (AvgIpc) is 2.53. The fraction of sp³-hybridized carbons (Fsp3) is 0.0667. The summed E-state index contributed by atoms with van der Waals surface area (Å²) in [6.07, 6.45) is 0. The number of carbonyl (C=O) groups excluding carboxylic acids is 2. The Bertz CT molecular complexity index is 848. The summed E-state index contributed by atoms with van der Waals surface area (Å²) < 4.78 is 39.8. The van der Waals surface area contributed by atoms with E-state index in [1.54, 1.807) is 0 Å². The minimum absolute atomic E-state index is 0.0942. The summed E-state index contributed by atoms with van der Waals surface area (Å²) in [5.74, 6) is -1.88. The number of sulfonamides is 1. The van der Waals surface area contributed by atoms with Crippen molar-refractivity contribution in [3.8, 4) is 0 Å². The number of hydrogen-bond donors (Lipinski definition) is 2. The van der Waals surface area contributed by atoms with Crippen LogP contribution in [0.4, 0.5) is 10.1 Å². The van der Waals surface area contributed by atoms with E-state index in [9.17, 15) is 22.4 Å². The van der Waals surface area contributed by atoms with Crippen molar-refractivity contribution >= 4 is 27.6 Å². The quantitative estimate of drug-likeness (QED) is 0.786. The lowest BCUT2D eigenvalue weighted by atomic mass is 10.2. The second kappa shape index (κ2) is 7.20. The summed E-state index contributed by atoms with van der Waals surface area (Å²) >= 11 is 0. The summed E-state index contributed by atoms with van der Waals surface area (Å²) in [6.45, 7) is -0.548. The molecule has 0 bridgehead atoms. The molecule has 0 aliphatic carbocycles. The minimum atomic E-state index is -3.81. The average molecular weight is 352 g/mol. The molecule has 2 rings (SSSR count). The molecule has 0 fully saturated rings. The van der Waals surface area contributed by atoms with Crippen LogP contribution in [0.1, 0.15) is 10.4 Å². The normalized spacial score (nSPS) is 10.9. The van der Waals surface area contributed by atoms with E-state index in [0.29, 0.717) is 5.69 Å². The zero-order valence-electron chi connectivity index (χ0n) is 12.2. The van der Waals surface area contributed by atoms with Crippen molar-refractivity contribution in [1.82, 2.24) is 0 Å². The molecule has 0 saturated heterocycles. The van der Waals surface area contributed by atoms with Crippen LogP contribution in [0, 0.1) is 5.82 Å². The van der Waals surface area contributed by atoms with Gasteiger partial charge in [0.05, 0.1) is 10.5 Å². The van der Waals surface area contributed by atoms with Crippen molar-refractivity contribution in [1.29, 1.82) is 0 Å². The molecule has 24 heavy (non-hydrogen) atoms. The number of nitrogens with two attached hydrogens (primary N) is 1. The Hall–Kier alpha value is -2.78. The Morgan fingerprint density at radius 2 is 1.62 bits per heavy atom. The van der Waals surface area contributed by atoms with Gasteiger partial charge in [-0.1, -0.05) is 0 Å². The molecule has 0 aliphatic heterocycles. The predicted molar refractivity (Wildman–Crippen MR) is 83.1 cm³/mol. The predicted octanol–water partition coefficient (Wildman–Crippen LogP) is 1.27. The molecule has 0 heterocycles. The van der Waals surface area contributed by atoms with Crippen LogP contribution >= 0.6 is 0 Å². The van der Waals surface area contributed by atoms with Gasteiger partial charge in [-0.15, -0.1) is 0 Å². The third kappa shape index (κ3) is 4.86. The molecular weight excluding hydrogens is 339 g/mol. The zero-order valence-corrected chi connectivity index (χ0v) is 13.0. The molecule has 9 heteroatoms. The Morgan fingerprint density at radius 3 is 2.17 bits per heavy atom. The smallest absolute Gasteiger partial charge is 0.338 e. The number of hydrogen-bond acceptors (Lipinski definition) is 5. The lowest BCUT2D eigenvalue weighted by molar-refractivity contribution is -0.119. The molecule has 0 saturated carbocycles. The lowest BCUT2D eigenvalue weighted by Gasteiger charge is -2.07. The van der Waals surface area contributed by atoms with Crippen LogP contribution in [0.15, 0.2) is 53.4 Å². The first kappa shape index (κ1) is 17.6. The maximum absolute atomic E-state index is 12.7. The molecule has 3 N–H and O–H groups in total. The second-order valence-electron chi connectivity index (χ2n) is 4.70. The van der Waals surface area contributed by atoms with E-state index < -0.39 is 34.3 Å². The molecular formula is C15H13FN2O5S. The van der Waals surface area contributed by atoms with Crippen molar-refractivity contribution in [2.75, 3.05) is 11.9 Å². The van der Waals surface area contributed by atoms with E-state index in [-0.39, 0.29) is 10.5 Å². The van der Waals surface area contributed by atoms with Crippen LogP contribution in [-0.2, 0) is 19.6 Å². The lowest BCUT2D eigenvalue weighted by Crippen LogP contribution is -2.21. The van der Waals surface area contributed by atoms with Gasteiger partial charge in [0.1, 0.15) is 5.82 Å². The zero-order chi connectivity index (χ0) is 17.7. The standard InChI is InChI=1S/C15H13FN2O5S/c16-11-3-1-10(2-4-11)15(20)23-9-14(19)18-12-5-7-13(8-6-12)24(17,21)22/h1-8H,9H2,(H,18,19)(H2,17,21,22). The molecule has 0 radical (unpaired) electrons. The number of benzene rings is 2. The van der Waals surface area contributed by atoms with Crippen molar-refractivity contribution < 1.29 is 27.1 Å². The summed E-state index contributed by atoms with van der Waals surface area (Å²) in [6, 6.07) is 9.83. The topological polar surface area (TPSA) is 116 Å². The number of anilines is 1. The van der Waals surface area contributed by atoms with Crippen LogP contribution in [-0.4, -0.2) is 26.9 Å². The molecule has 1 amide bonds. The van der Waals surface area contributed by atoms with Crippen LogP contribution in [0.3, 0.4) is 0 Å². The first-order valence-electron chi connectivity index (χ1n) is 6.61. The second-order valence-corrected chi connectivity index (χ2v) is 6.26. The Balaban J connectivity index is 1.89. The van der Waals surface area contributed by atoms with Crippen LogP contribution in [0.2, 0.25) is 0 Å². The highest BCUT2D eigenvalue weighted by Gasteiger charge is 2.11. The van der Waals surface area contributed by atoms with Crippen molar-refractivity contribution in [3.63, 3.8) is 0 Å². The van der Waals surface area contributed by atoms with Gasteiger partial charge >= 0.3 is 5.97 Å². The van der Waals surface area contributed by atoms with E-state index in [4.69, 9.17) is 9.88 Å². The summed E-state index contributed by atoms with van der Waals surface area (Å²) in [5.41, 5.74) is 0.423. The fourth-order valence-corrected chi connectivity index (χ4v) is 2.24. The van der Waals surface area contributed by atoms with E-state index in [0.717, 1.165) is 12.1 Å². The number of rotatable bonds is 5. The van der Waals surface area contributed by atoms with Gasteiger partial charge in [0.25, 0.3) is 5.91 Å². The Labute approximate surface area is 137 Å². The van der Waals surface area contributed by atoms with Crippen LogP contribution in [0.25, 0.3) is 0 Å². The number of nitrogens with one attached hydrogen (secondary N) is 1. The summed E-state index contributed by atoms with van der Waals surface area (Å²) in [5, 5.41) is 7.38. The monoisotopic (exact) mass is 352 g/mol. The fourth-order valence-electron chi connectivity index (χ4n) is 1.73. The third-order valence-corrected chi connectivity index (χ3v) is 3.81. The first-order chi connectivity index (χ1) is 11.3. The Morgan fingerprint density at radius 1 is 1.04 bits per heavy atom. The molecule has 0 spiro atoms. The van der Waals surface area contributed by atoms with Gasteiger partial charge in [-0.2, -0.15) is 0 Å². The first-order valence-corrected chi connectivity index (χ1v) is 8.16. The number of primary sulfonamides is 1. The third-order valence-electron chi connectivity index (χ3n) is 2.88. The Kier molecular flexibility index (Phi) is 5.27. The maximum atomic E-state index is 12.7. The van der Waals surface area contributed by atoms with E-state index in [1.165, 1.54) is 36.4 Å². The molecule has 7 nitrogen and oxygen atoms in total. The molecule has 0 aliphatic rings. The van der Waals surface area contributed by atoms with Gasteiger partial charge in [0.2, 0.25) is 10.0 Å². The van der Waals surface area contributed by atoms with Crippen molar-refractivity contribution in [2.24, 2.45) is 5.14 Å². The molecule has 2 aromatic carbocycles. The van der Waals surface area contributed by atoms with Gasteiger partial charge < -0.3 is 10.1 Å². The summed E-state index contributed by atoms with van der Waals surface area (Å²) in [4.78, 5) is 23.3. The van der Waals surface area contributed by atoms with E-state index in [2.05, 4.69) is 5.32 Å². The summed E-state index contributed by atoms with van der Waals surface area (Å²) in [7, 11) is -3.81. The molecule has 2 aromatic rings. The molecule has 0 aromatic heterocycles. The van der Waals surface area contributed by atoms with E-state index in [1.807, 2.05) is 0 Å².